The van der Waals surface area contributed by atoms with Crippen LogP contribution in [-0.4, -0.2) is 6.54 Å². The van der Waals surface area contributed by atoms with Crippen LogP contribution in [-0.2, 0) is 6.42 Å². The van der Waals surface area contributed by atoms with Gasteiger partial charge in [-0.25, -0.2) is 0 Å². The van der Waals surface area contributed by atoms with Crippen molar-refractivity contribution in [2.24, 2.45) is 5.73 Å². The average Bonchev–Trinajstić information content (AvgIpc) is 2.35. The second kappa shape index (κ2) is 6.03. The first-order valence-electron chi connectivity index (χ1n) is 5.92. The minimum absolute atomic E-state index is 0.671. The molecular weight excluding hydrogens is 290 g/mol. The predicted octanol–water partition coefficient (Wildman–Crippen LogP) is 4.05. The van der Waals surface area contributed by atoms with E-state index in [4.69, 9.17) is 10.5 Å². The van der Waals surface area contributed by atoms with Crippen LogP contribution in [0.25, 0.3) is 0 Å². The summed E-state index contributed by atoms with van der Waals surface area (Å²) in [4.78, 5) is 0. The van der Waals surface area contributed by atoms with E-state index in [0.717, 1.165) is 28.0 Å². The van der Waals surface area contributed by atoms with Gasteiger partial charge in [-0.3, -0.25) is 0 Å². The van der Waals surface area contributed by atoms with Crippen LogP contribution >= 0.6 is 15.9 Å². The Balaban J connectivity index is 2.22. The zero-order chi connectivity index (χ0) is 13.0. The zero-order valence-corrected chi connectivity index (χ0v) is 11.9. The largest absolute Gasteiger partial charge is 0.456 e. The third-order valence-electron chi connectivity index (χ3n) is 2.73. The molecule has 0 heterocycles. The fourth-order valence-electron chi connectivity index (χ4n) is 1.79. The molecule has 2 N–H and O–H groups in total. The van der Waals surface area contributed by atoms with Gasteiger partial charge in [0.25, 0.3) is 0 Å². The maximum atomic E-state index is 5.89. The summed E-state index contributed by atoms with van der Waals surface area (Å²) in [6.45, 7) is 2.72. The van der Waals surface area contributed by atoms with E-state index < -0.39 is 0 Å². The SMILES string of the molecule is Cc1cc(CCN)ccc1Oc1ccccc1Br. The maximum absolute atomic E-state index is 5.89. The smallest absolute Gasteiger partial charge is 0.141 e. The van der Waals surface area contributed by atoms with Gasteiger partial charge in [0, 0.05) is 0 Å². The van der Waals surface area contributed by atoms with Crippen molar-refractivity contribution < 1.29 is 4.74 Å². The molecule has 0 unspecified atom stereocenters. The lowest BCUT2D eigenvalue weighted by Gasteiger charge is -2.11. The van der Waals surface area contributed by atoms with Gasteiger partial charge in [0.2, 0.25) is 0 Å². The highest BCUT2D eigenvalue weighted by Crippen LogP contribution is 2.31. The first-order chi connectivity index (χ1) is 8.70. The second-order valence-corrected chi connectivity index (χ2v) is 5.03. The van der Waals surface area contributed by atoms with Crippen molar-refractivity contribution in [1.82, 2.24) is 0 Å². The fraction of sp³-hybridized carbons (Fsp3) is 0.200. The predicted molar refractivity (Wildman–Crippen MR) is 78.2 cm³/mol. The van der Waals surface area contributed by atoms with Gasteiger partial charge < -0.3 is 10.5 Å². The standard InChI is InChI=1S/C15H16BrNO/c1-11-10-12(8-9-17)6-7-14(11)18-15-5-3-2-4-13(15)16/h2-7,10H,8-9,17H2,1H3. The molecule has 0 aromatic heterocycles. The van der Waals surface area contributed by atoms with Gasteiger partial charge in [0.15, 0.2) is 0 Å². The fourth-order valence-corrected chi connectivity index (χ4v) is 2.16. The van der Waals surface area contributed by atoms with E-state index in [-0.39, 0.29) is 0 Å². The Kier molecular flexibility index (Phi) is 4.39. The summed E-state index contributed by atoms with van der Waals surface area (Å²) in [5.74, 6) is 1.70. The molecule has 0 amide bonds. The third kappa shape index (κ3) is 3.12. The van der Waals surface area contributed by atoms with Gasteiger partial charge in [0.1, 0.15) is 11.5 Å². The molecule has 0 saturated carbocycles. The minimum Gasteiger partial charge on any atom is -0.456 e. The van der Waals surface area contributed by atoms with Crippen molar-refractivity contribution in [1.29, 1.82) is 0 Å². The Morgan fingerprint density at radius 1 is 1.11 bits per heavy atom. The van der Waals surface area contributed by atoms with E-state index >= 15 is 0 Å². The highest BCUT2D eigenvalue weighted by molar-refractivity contribution is 9.10. The average molecular weight is 306 g/mol. The summed E-state index contributed by atoms with van der Waals surface area (Å²) in [7, 11) is 0. The Labute approximate surface area is 116 Å². The maximum Gasteiger partial charge on any atom is 0.141 e. The van der Waals surface area contributed by atoms with Gasteiger partial charge in [0.05, 0.1) is 4.47 Å². The van der Waals surface area contributed by atoms with Crippen LogP contribution in [0.5, 0.6) is 11.5 Å². The summed E-state index contributed by atoms with van der Waals surface area (Å²) >= 11 is 3.48. The second-order valence-electron chi connectivity index (χ2n) is 4.17. The molecule has 0 bridgehead atoms. The van der Waals surface area contributed by atoms with Crippen LogP contribution < -0.4 is 10.5 Å². The van der Waals surface area contributed by atoms with E-state index in [1.54, 1.807) is 0 Å². The number of benzene rings is 2. The molecule has 0 aliphatic heterocycles. The van der Waals surface area contributed by atoms with E-state index in [2.05, 4.69) is 28.1 Å². The molecule has 3 heteroatoms. The molecule has 2 nitrogen and oxygen atoms in total. The minimum atomic E-state index is 0.671. The number of hydrogen-bond acceptors (Lipinski definition) is 2. The number of hydrogen-bond donors (Lipinski definition) is 1. The molecule has 2 aromatic carbocycles. The molecule has 94 valence electrons. The van der Waals surface area contributed by atoms with Crippen molar-refractivity contribution in [3.05, 3.63) is 58.1 Å². The third-order valence-corrected chi connectivity index (χ3v) is 3.38. The van der Waals surface area contributed by atoms with E-state index in [0.29, 0.717) is 6.54 Å². The normalized spacial score (nSPS) is 10.4. The van der Waals surface area contributed by atoms with Crippen molar-refractivity contribution in [3.8, 4) is 11.5 Å². The molecule has 2 rings (SSSR count). The molecule has 0 aliphatic carbocycles. The van der Waals surface area contributed by atoms with E-state index in [1.165, 1.54) is 5.56 Å². The molecule has 0 aliphatic rings. The lowest BCUT2D eigenvalue weighted by Crippen LogP contribution is -2.02. The van der Waals surface area contributed by atoms with Gasteiger partial charge >= 0.3 is 0 Å². The van der Waals surface area contributed by atoms with Crippen molar-refractivity contribution in [2.75, 3.05) is 6.54 Å². The molecule has 18 heavy (non-hydrogen) atoms. The molecule has 0 fully saturated rings. The van der Waals surface area contributed by atoms with Gasteiger partial charge in [-0.2, -0.15) is 0 Å². The Morgan fingerprint density at radius 2 is 1.89 bits per heavy atom. The first kappa shape index (κ1) is 13.1. The summed E-state index contributed by atoms with van der Waals surface area (Å²) in [6.07, 6.45) is 0.899. The summed E-state index contributed by atoms with van der Waals surface area (Å²) in [5, 5.41) is 0. The molecule has 0 radical (unpaired) electrons. The summed E-state index contributed by atoms with van der Waals surface area (Å²) < 4.78 is 6.85. The number of ether oxygens (including phenoxy) is 1. The first-order valence-corrected chi connectivity index (χ1v) is 6.72. The van der Waals surface area contributed by atoms with Crippen LogP contribution in [0.3, 0.4) is 0 Å². The number of para-hydroxylation sites is 1. The van der Waals surface area contributed by atoms with Crippen LogP contribution in [0.2, 0.25) is 0 Å². The van der Waals surface area contributed by atoms with Crippen LogP contribution in [0.1, 0.15) is 11.1 Å². The lowest BCUT2D eigenvalue weighted by molar-refractivity contribution is 0.475. The van der Waals surface area contributed by atoms with Crippen molar-refractivity contribution >= 4 is 15.9 Å². The van der Waals surface area contributed by atoms with Gasteiger partial charge in [-0.15, -0.1) is 0 Å². The number of nitrogens with two attached hydrogens (primary N) is 1. The van der Waals surface area contributed by atoms with E-state index in [1.807, 2.05) is 37.3 Å². The highest BCUT2D eigenvalue weighted by atomic mass is 79.9. The molecule has 0 saturated heterocycles. The van der Waals surface area contributed by atoms with Crippen molar-refractivity contribution in [2.45, 2.75) is 13.3 Å². The van der Waals surface area contributed by atoms with E-state index in [9.17, 15) is 0 Å². The van der Waals surface area contributed by atoms with Gasteiger partial charge in [-0.05, 0) is 65.1 Å². The topological polar surface area (TPSA) is 35.2 Å². The Hall–Kier alpha value is -1.32. The quantitative estimate of drug-likeness (QED) is 0.925. The summed E-state index contributed by atoms with van der Waals surface area (Å²) in [6, 6.07) is 14.0. The molecular formula is C15H16BrNO. The molecule has 0 spiro atoms. The van der Waals surface area contributed by atoms with Crippen LogP contribution in [0.4, 0.5) is 0 Å². The monoisotopic (exact) mass is 305 g/mol. The zero-order valence-electron chi connectivity index (χ0n) is 10.3. The number of rotatable bonds is 4. The highest BCUT2D eigenvalue weighted by Gasteiger charge is 2.05. The Morgan fingerprint density at radius 3 is 2.56 bits per heavy atom. The number of aryl methyl sites for hydroxylation is 1. The van der Waals surface area contributed by atoms with Gasteiger partial charge in [-0.1, -0.05) is 24.3 Å². The Bertz CT molecular complexity index is 540. The van der Waals surface area contributed by atoms with Crippen molar-refractivity contribution in [3.63, 3.8) is 0 Å². The number of halogens is 1. The molecule has 0 atom stereocenters. The molecule has 2 aromatic rings. The van der Waals surface area contributed by atoms with Crippen LogP contribution in [0, 0.1) is 6.92 Å². The lowest BCUT2D eigenvalue weighted by atomic mass is 10.1. The summed E-state index contributed by atoms with van der Waals surface area (Å²) in [5.41, 5.74) is 7.92. The van der Waals surface area contributed by atoms with Crippen LogP contribution in [0.15, 0.2) is 46.9 Å².